The predicted molar refractivity (Wildman–Crippen MR) is 57.0 cm³/mol. The third kappa shape index (κ3) is 1.82. The number of carbonyl (C=O) groups is 1. The van der Waals surface area contributed by atoms with Gasteiger partial charge in [0.05, 0.1) is 10.2 Å². The second kappa shape index (κ2) is 3.73. The fourth-order valence-electron chi connectivity index (χ4n) is 1.25. The van der Waals surface area contributed by atoms with Crippen molar-refractivity contribution in [3.05, 3.63) is 10.2 Å². The van der Waals surface area contributed by atoms with Crippen LogP contribution >= 0.6 is 15.9 Å². The van der Waals surface area contributed by atoms with E-state index in [0.717, 1.165) is 29.4 Å². The van der Waals surface area contributed by atoms with Gasteiger partial charge in [0.1, 0.15) is 0 Å². The first-order valence-corrected chi connectivity index (χ1v) is 5.55. The Balaban J connectivity index is 2.08. The molecule has 0 saturated heterocycles. The zero-order valence-electron chi connectivity index (χ0n) is 7.93. The van der Waals surface area contributed by atoms with E-state index in [1.165, 1.54) is 0 Å². The molecule has 1 saturated carbocycles. The van der Waals surface area contributed by atoms with Crippen LogP contribution in [0.3, 0.4) is 0 Å². The maximum absolute atomic E-state index is 11.4. The van der Waals surface area contributed by atoms with Crippen LogP contribution < -0.4 is 5.32 Å². The highest BCUT2D eigenvalue weighted by atomic mass is 79.9. The van der Waals surface area contributed by atoms with Gasteiger partial charge in [-0.2, -0.15) is 5.10 Å². The summed E-state index contributed by atoms with van der Waals surface area (Å²) in [6.45, 7) is 2.03. The molecule has 2 rings (SSSR count). The summed E-state index contributed by atoms with van der Waals surface area (Å²) < 4.78 is 0.869. The minimum absolute atomic E-state index is 0.0832. The van der Waals surface area contributed by atoms with Crippen molar-refractivity contribution in [3.8, 4) is 0 Å². The standard InChI is InChI=1S/C9H12BrN3O/c1-2-6-7(10)8(13-12-6)11-9(14)5-3-4-5/h5H,2-4H2,1H3,(H2,11,12,13,14). The van der Waals surface area contributed by atoms with Gasteiger partial charge in [-0.1, -0.05) is 6.92 Å². The number of anilines is 1. The summed E-state index contributed by atoms with van der Waals surface area (Å²) in [5, 5.41) is 9.71. The van der Waals surface area contributed by atoms with Crippen LogP contribution in [0.25, 0.3) is 0 Å². The minimum Gasteiger partial charge on any atom is -0.308 e. The van der Waals surface area contributed by atoms with Crippen LogP contribution in [0.15, 0.2) is 4.47 Å². The Morgan fingerprint density at radius 2 is 2.43 bits per heavy atom. The number of hydrogen-bond acceptors (Lipinski definition) is 2. The molecule has 1 aromatic heterocycles. The molecule has 1 amide bonds. The second-order valence-corrected chi connectivity index (χ2v) is 4.27. The Hall–Kier alpha value is -0.840. The van der Waals surface area contributed by atoms with Gasteiger partial charge in [-0.15, -0.1) is 0 Å². The van der Waals surface area contributed by atoms with Crippen LogP contribution in [0.5, 0.6) is 0 Å². The van der Waals surface area contributed by atoms with Crippen molar-refractivity contribution in [3.63, 3.8) is 0 Å². The highest BCUT2D eigenvalue weighted by Gasteiger charge is 2.30. The molecule has 2 N–H and O–H groups in total. The Bertz CT molecular complexity index is 357. The molecule has 76 valence electrons. The van der Waals surface area contributed by atoms with Crippen molar-refractivity contribution < 1.29 is 4.79 Å². The van der Waals surface area contributed by atoms with Crippen molar-refractivity contribution in [1.29, 1.82) is 0 Å². The Labute approximate surface area is 90.6 Å². The van der Waals surface area contributed by atoms with Gasteiger partial charge in [0, 0.05) is 5.92 Å². The minimum atomic E-state index is 0.0832. The smallest absolute Gasteiger partial charge is 0.228 e. The summed E-state index contributed by atoms with van der Waals surface area (Å²) in [5.74, 6) is 0.905. The van der Waals surface area contributed by atoms with Gasteiger partial charge >= 0.3 is 0 Å². The molecule has 0 unspecified atom stereocenters. The Morgan fingerprint density at radius 3 is 2.93 bits per heavy atom. The number of aromatic nitrogens is 2. The summed E-state index contributed by atoms with van der Waals surface area (Å²) in [5.41, 5.74) is 1.01. The lowest BCUT2D eigenvalue weighted by molar-refractivity contribution is -0.117. The van der Waals surface area contributed by atoms with E-state index in [-0.39, 0.29) is 11.8 Å². The molecule has 14 heavy (non-hydrogen) atoms. The van der Waals surface area contributed by atoms with E-state index >= 15 is 0 Å². The van der Waals surface area contributed by atoms with E-state index in [1.54, 1.807) is 0 Å². The van der Waals surface area contributed by atoms with Crippen LogP contribution in [0.2, 0.25) is 0 Å². The van der Waals surface area contributed by atoms with E-state index in [4.69, 9.17) is 0 Å². The van der Waals surface area contributed by atoms with Gasteiger partial charge in [-0.05, 0) is 35.2 Å². The lowest BCUT2D eigenvalue weighted by Crippen LogP contribution is -2.13. The average Bonchev–Trinajstić information content (AvgIpc) is 2.95. The van der Waals surface area contributed by atoms with Gasteiger partial charge in [-0.3, -0.25) is 9.89 Å². The van der Waals surface area contributed by atoms with Crippen LogP contribution in [-0.2, 0) is 11.2 Å². The first-order chi connectivity index (χ1) is 6.72. The summed E-state index contributed by atoms with van der Waals surface area (Å²) in [4.78, 5) is 11.4. The van der Waals surface area contributed by atoms with Crippen molar-refractivity contribution in [1.82, 2.24) is 10.2 Å². The van der Waals surface area contributed by atoms with E-state index in [9.17, 15) is 4.79 Å². The normalized spacial score (nSPS) is 15.6. The van der Waals surface area contributed by atoms with E-state index in [1.807, 2.05) is 6.92 Å². The van der Waals surface area contributed by atoms with Gasteiger partial charge < -0.3 is 5.32 Å². The molecule has 0 bridgehead atoms. The average molecular weight is 258 g/mol. The van der Waals surface area contributed by atoms with E-state index < -0.39 is 0 Å². The lowest BCUT2D eigenvalue weighted by atomic mass is 10.3. The number of carbonyl (C=O) groups excluding carboxylic acids is 1. The lowest BCUT2D eigenvalue weighted by Gasteiger charge is -1.99. The molecule has 4 nitrogen and oxygen atoms in total. The Morgan fingerprint density at radius 1 is 1.71 bits per heavy atom. The number of nitrogens with zero attached hydrogens (tertiary/aromatic N) is 1. The third-order valence-corrected chi connectivity index (χ3v) is 3.17. The number of H-pyrrole nitrogens is 1. The zero-order chi connectivity index (χ0) is 10.1. The molecule has 1 aliphatic rings. The second-order valence-electron chi connectivity index (χ2n) is 3.48. The fourth-order valence-corrected chi connectivity index (χ4v) is 1.80. The molecule has 0 atom stereocenters. The fraction of sp³-hybridized carbons (Fsp3) is 0.556. The van der Waals surface area contributed by atoms with E-state index in [2.05, 4.69) is 31.4 Å². The topological polar surface area (TPSA) is 57.8 Å². The molecule has 0 radical (unpaired) electrons. The summed E-state index contributed by atoms with van der Waals surface area (Å²) in [7, 11) is 0. The number of amides is 1. The van der Waals surface area contributed by atoms with E-state index in [0.29, 0.717) is 5.82 Å². The molecule has 1 aromatic rings. The van der Waals surface area contributed by atoms with Crippen molar-refractivity contribution in [2.24, 2.45) is 5.92 Å². The van der Waals surface area contributed by atoms with Crippen LogP contribution in [0.1, 0.15) is 25.5 Å². The highest BCUT2D eigenvalue weighted by molar-refractivity contribution is 9.10. The number of aromatic amines is 1. The van der Waals surface area contributed by atoms with Gasteiger partial charge in [-0.25, -0.2) is 0 Å². The third-order valence-electron chi connectivity index (χ3n) is 2.32. The maximum Gasteiger partial charge on any atom is 0.228 e. The molecular weight excluding hydrogens is 246 g/mol. The number of aryl methyl sites for hydroxylation is 1. The van der Waals surface area contributed by atoms with Crippen LogP contribution in [0, 0.1) is 5.92 Å². The van der Waals surface area contributed by atoms with Gasteiger partial charge in [0.25, 0.3) is 0 Å². The Kier molecular flexibility index (Phi) is 2.58. The number of nitrogens with one attached hydrogen (secondary N) is 2. The van der Waals surface area contributed by atoms with Crippen LogP contribution in [0.4, 0.5) is 5.82 Å². The summed E-state index contributed by atoms with van der Waals surface area (Å²) in [6.07, 6.45) is 2.88. The van der Waals surface area contributed by atoms with Crippen molar-refractivity contribution >= 4 is 27.7 Å². The van der Waals surface area contributed by atoms with Gasteiger partial charge in [0.15, 0.2) is 5.82 Å². The molecule has 0 spiro atoms. The maximum atomic E-state index is 11.4. The zero-order valence-corrected chi connectivity index (χ0v) is 9.52. The van der Waals surface area contributed by atoms with Crippen molar-refractivity contribution in [2.45, 2.75) is 26.2 Å². The highest BCUT2D eigenvalue weighted by Crippen LogP contribution is 2.31. The molecule has 1 aliphatic carbocycles. The molecule has 0 aliphatic heterocycles. The molecule has 1 heterocycles. The predicted octanol–water partition coefficient (Wildman–Crippen LogP) is 2.08. The number of halogens is 1. The molecular formula is C9H12BrN3O. The molecule has 5 heteroatoms. The number of hydrogen-bond donors (Lipinski definition) is 2. The first-order valence-electron chi connectivity index (χ1n) is 4.76. The van der Waals surface area contributed by atoms with Gasteiger partial charge in [0.2, 0.25) is 5.91 Å². The summed E-state index contributed by atoms with van der Waals surface area (Å²) >= 11 is 3.40. The monoisotopic (exact) mass is 257 g/mol. The largest absolute Gasteiger partial charge is 0.308 e. The molecule has 1 fully saturated rings. The summed E-state index contributed by atoms with van der Waals surface area (Å²) in [6, 6.07) is 0. The van der Waals surface area contributed by atoms with Crippen LogP contribution in [-0.4, -0.2) is 16.1 Å². The quantitative estimate of drug-likeness (QED) is 0.872. The molecule has 0 aromatic carbocycles. The SMILES string of the molecule is CCc1[nH]nc(NC(=O)C2CC2)c1Br. The number of rotatable bonds is 3. The first kappa shape index (κ1) is 9.71. The van der Waals surface area contributed by atoms with Crippen molar-refractivity contribution in [2.75, 3.05) is 5.32 Å².